The molecular formula is C30H19NOS. The highest BCUT2D eigenvalue weighted by molar-refractivity contribution is 7.26. The van der Waals surface area contributed by atoms with E-state index < -0.39 is 0 Å². The Bertz CT molecular complexity index is 1790. The van der Waals surface area contributed by atoms with Crippen LogP contribution in [0, 0.1) is 0 Å². The largest absolute Gasteiger partial charge is 0.456 e. The van der Waals surface area contributed by atoms with Gasteiger partial charge in [0.25, 0.3) is 0 Å². The van der Waals surface area contributed by atoms with Gasteiger partial charge in [-0.05, 0) is 59.7 Å². The van der Waals surface area contributed by atoms with Crippen molar-refractivity contribution in [1.82, 2.24) is 0 Å². The molecule has 0 saturated heterocycles. The van der Waals surface area contributed by atoms with Gasteiger partial charge in [0.2, 0.25) is 0 Å². The van der Waals surface area contributed by atoms with Crippen LogP contribution >= 0.6 is 11.3 Å². The molecule has 0 aliphatic carbocycles. The minimum atomic E-state index is 0.911. The number of hydrogen-bond donors (Lipinski definition) is 1. The van der Waals surface area contributed by atoms with E-state index in [2.05, 4.69) is 96.3 Å². The molecule has 2 aromatic heterocycles. The van der Waals surface area contributed by atoms with E-state index in [-0.39, 0.29) is 0 Å². The van der Waals surface area contributed by atoms with Crippen molar-refractivity contribution in [1.29, 1.82) is 0 Å². The van der Waals surface area contributed by atoms with E-state index in [0.29, 0.717) is 0 Å². The molecule has 156 valence electrons. The number of benzene rings is 5. The van der Waals surface area contributed by atoms with Crippen LogP contribution in [0.25, 0.3) is 53.2 Å². The summed E-state index contributed by atoms with van der Waals surface area (Å²) in [5.74, 6) is 0. The summed E-state index contributed by atoms with van der Waals surface area (Å²) in [5.41, 5.74) is 6.49. The number of anilines is 2. The Hall–Kier alpha value is -4.08. The van der Waals surface area contributed by atoms with Gasteiger partial charge in [0.15, 0.2) is 0 Å². The number of rotatable bonds is 3. The highest BCUT2D eigenvalue weighted by Gasteiger charge is 2.12. The smallest absolute Gasteiger partial charge is 0.135 e. The van der Waals surface area contributed by atoms with Crippen molar-refractivity contribution < 1.29 is 4.42 Å². The Morgan fingerprint density at radius 3 is 2.21 bits per heavy atom. The zero-order chi connectivity index (χ0) is 21.8. The van der Waals surface area contributed by atoms with Gasteiger partial charge in [0.1, 0.15) is 11.2 Å². The summed E-state index contributed by atoms with van der Waals surface area (Å²) in [6, 6.07) is 38.4. The highest BCUT2D eigenvalue weighted by Crippen LogP contribution is 2.41. The van der Waals surface area contributed by atoms with Crippen molar-refractivity contribution in [2.45, 2.75) is 0 Å². The average Bonchev–Trinajstić information content (AvgIpc) is 3.42. The van der Waals surface area contributed by atoms with Gasteiger partial charge in [-0.15, -0.1) is 11.3 Å². The molecule has 2 nitrogen and oxygen atoms in total. The first kappa shape index (κ1) is 18.5. The Morgan fingerprint density at radius 1 is 0.545 bits per heavy atom. The van der Waals surface area contributed by atoms with E-state index in [1.807, 2.05) is 29.5 Å². The molecule has 0 amide bonds. The third-order valence-electron chi connectivity index (χ3n) is 6.25. The zero-order valence-electron chi connectivity index (χ0n) is 17.7. The van der Waals surface area contributed by atoms with Gasteiger partial charge in [-0.1, -0.05) is 60.7 Å². The molecule has 0 unspecified atom stereocenters. The second kappa shape index (κ2) is 7.22. The van der Waals surface area contributed by atoms with Crippen molar-refractivity contribution in [3.8, 4) is 11.1 Å². The van der Waals surface area contributed by atoms with Gasteiger partial charge in [0, 0.05) is 42.3 Å². The second-order valence-electron chi connectivity index (χ2n) is 8.29. The van der Waals surface area contributed by atoms with Crippen LogP contribution in [-0.4, -0.2) is 0 Å². The van der Waals surface area contributed by atoms with Gasteiger partial charge in [0.05, 0.1) is 0 Å². The minimum absolute atomic E-state index is 0.911. The lowest BCUT2D eigenvalue weighted by Gasteiger charge is -2.08. The Balaban J connectivity index is 1.36. The molecule has 0 saturated carbocycles. The lowest BCUT2D eigenvalue weighted by Crippen LogP contribution is -1.89. The molecule has 5 aromatic carbocycles. The monoisotopic (exact) mass is 441 g/mol. The van der Waals surface area contributed by atoms with Crippen LogP contribution in [0.1, 0.15) is 0 Å². The molecule has 0 aliphatic heterocycles. The number of nitrogens with one attached hydrogen (secondary N) is 1. The summed E-state index contributed by atoms with van der Waals surface area (Å²) in [6.07, 6.45) is 0. The second-order valence-corrected chi connectivity index (χ2v) is 9.38. The maximum Gasteiger partial charge on any atom is 0.135 e. The van der Waals surface area contributed by atoms with Crippen LogP contribution in [0.3, 0.4) is 0 Å². The summed E-state index contributed by atoms with van der Waals surface area (Å²) in [6.45, 7) is 0. The molecular weight excluding hydrogens is 422 g/mol. The van der Waals surface area contributed by atoms with Crippen molar-refractivity contribution in [2.75, 3.05) is 5.32 Å². The minimum Gasteiger partial charge on any atom is -0.456 e. The number of hydrogen-bond acceptors (Lipinski definition) is 3. The normalized spacial score (nSPS) is 11.6. The highest BCUT2D eigenvalue weighted by atomic mass is 32.1. The van der Waals surface area contributed by atoms with Crippen LogP contribution in [0.5, 0.6) is 0 Å². The molecule has 0 spiro atoms. The van der Waals surface area contributed by atoms with Gasteiger partial charge in [-0.3, -0.25) is 0 Å². The molecule has 7 aromatic rings. The predicted octanol–water partition coefficient (Wildman–Crippen LogP) is 9.36. The van der Waals surface area contributed by atoms with Gasteiger partial charge in [-0.25, -0.2) is 0 Å². The third kappa shape index (κ3) is 3.01. The molecule has 2 heterocycles. The molecule has 1 N–H and O–H groups in total. The van der Waals surface area contributed by atoms with E-state index in [1.165, 1.54) is 31.3 Å². The van der Waals surface area contributed by atoms with Crippen molar-refractivity contribution in [2.24, 2.45) is 0 Å². The molecule has 7 rings (SSSR count). The molecule has 0 radical (unpaired) electrons. The van der Waals surface area contributed by atoms with E-state index >= 15 is 0 Å². The van der Waals surface area contributed by atoms with Crippen LogP contribution < -0.4 is 5.32 Å². The summed E-state index contributed by atoms with van der Waals surface area (Å²) in [7, 11) is 0. The maximum atomic E-state index is 5.98. The quantitative estimate of drug-likeness (QED) is 0.295. The lowest BCUT2D eigenvalue weighted by atomic mass is 9.99. The average molecular weight is 442 g/mol. The molecule has 0 atom stereocenters. The Labute approximate surface area is 194 Å². The van der Waals surface area contributed by atoms with Crippen molar-refractivity contribution in [3.05, 3.63) is 109 Å². The first-order valence-corrected chi connectivity index (χ1v) is 11.8. The summed E-state index contributed by atoms with van der Waals surface area (Å²) in [5, 5.41) is 8.50. The summed E-state index contributed by atoms with van der Waals surface area (Å²) < 4.78 is 8.60. The molecule has 0 aliphatic rings. The molecule has 0 bridgehead atoms. The fourth-order valence-electron chi connectivity index (χ4n) is 4.73. The number of para-hydroxylation sites is 1. The van der Waals surface area contributed by atoms with Crippen molar-refractivity contribution in [3.63, 3.8) is 0 Å². The first-order chi connectivity index (χ1) is 16.3. The number of furan rings is 1. The summed E-state index contributed by atoms with van der Waals surface area (Å²) in [4.78, 5) is 0. The number of thiophene rings is 1. The SMILES string of the molecule is c1ccc(-c2cccc3sc4ccc(Nc5ccc6oc7ccccc7c6c5)cc4c23)cc1. The van der Waals surface area contributed by atoms with E-state index in [1.54, 1.807) is 0 Å². The van der Waals surface area contributed by atoms with Gasteiger partial charge in [-0.2, -0.15) is 0 Å². The van der Waals surface area contributed by atoms with E-state index in [4.69, 9.17) is 4.42 Å². The fourth-order valence-corrected chi connectivity index (χ4v) is 5.85. The standard InChI is InChI=1S/C30H19NOS/c1-2-7-19(8-3-1)22-10-6-12-29-30(22)25-18-21(14-16-28(25)33-29)31-20-13-15-27-24(17-20)23-9-4-5-11-26(23)32-27/h1-18,31H. The number of fused-ring (bicyclic) bond motifs is 6. The predicted molar refractivity (Wildman–Crippen MR) is 142 cm³/mol. The van der Waals surface area contributed by atoms with Crippen LogP contribution in [-0.2, 0) is 0 Å². The zero-order valence-corrected chi connectivity index (χ0v) is 18.5. The van der Waals surface area contributed by atoms with Gasteiger partial charge >= 0.3 is 0 Å². The molecule has 33 heavy (non-hydrogen) atoms. The summed E-state index contributed by atoms with van der Waals surface area (Å²) >= 11 is 1.85. The molecule has 3 heteroatoms. The lowest BCUT2D eigenvalue weighted by molar-refractivity contribution is 0.669. The maximum absolute atomic E-state index is 5.98. The topological polar surface area (TPSA) is 25.2 Å². The Kier molecular flexibility index (Phi) is 4.05. The van der Waals surface area contributed by atoms with E-state index in [9.17, 15) is 0 Å². The van der Waals surface area contributed by atoms with Crippen LogP contribution in [0.4, 0.5) is 11.4 Å². The van der Waals surface area contributed by atoms with Crippen molar-refractivity contribution >= 4 is 64.8 Å². The fraction of sp³-hybridized carbons (Fsp3) is 0. The Morgan fingerprint density at radius 2 is 1.30 bits per heavy atom. The molecule has 0 fully saturated rings. The first-order valence-electron chi connectivity index (χ1n) is 11.0. The third-order valence-corrected chi connectivity index (χ3v) is 7.38. The van der Waals surface area contributed by atoms with Crippen LogP contribution in [0.15, 0.2) is 114 Å². The van der Waals surface area contributed by atoms with E-state index in [0.717, 1.165) is 33.3 Å². The van der Waals surface area contributed by atoms with Gasteiger partial charge < -0.3 is 9.73 Å². The van der Waals surface area contributed by atoms with Crippen LogP contribution in [0.2, 0.25) is 0 Å².